The molecule has 1 fully saturated rings. The first-order valence-corrected chi connectivity index (χ1v) is 15.5. The highest BCUT2D eigenvalue weighted by Crippen LogP contribution is 2.43. The predicted molar refractivity (Wildman–Crippen MR) is 159 cm³/mol. The number of imidazole rings is 1. The lowest BCUT2D eigenvalue weighted by atomic mass is 10.1. The summed E-state index contributed by atoms with van der Waals surface area (Å²) in [6.07, 6.45) is 7.51. The van der Waals surface area contributed by atoms with Crippen LogP contribution in [-0.2, 0) is 28.5 Å². The molecule has 0 radical (unpaired) electrons. The van der Waals surface area contributed by atoms with E-state index in [0.717, 1.165) is 25.7 Å². The van der Waals surface area contributed by atoms with E-state index in [-0.39, 0.29) is 42.2 Å². The van der Waals surface area contributed by atoms with Crippen molar-refractivity contribution in [3.8, 4) is 12.3 Å². The van der Waals surface area contributed by atoms with Crippen molar-refractivity contribution in [3.05, 3.63) is 28.8 Å². The molecule has 0 saturated carbocycles. The second-order valence-corrected chi connectivity index (χ2v) is 11.6. The summed E-state index contributed by atoms with van der Waals surface area (Å²) >= 11 is 0. The lowest BCUT2D eigenvalue weighted by molar-refractivity contribution is -0.181. The Hall–Kier alpha value is -3.38. The number of carbonyl (C=O) groups excluding carboxylic acids is 2. The van der Waals surface area contributed by atoms with Gasteiger partial charge < -0.3 is 29.8 Å². The molecule has 2 aromatic heterocycles. The number of unbranched alkanes of at least 4 members (excludes halogenated alkanes) is 2. The minimum absolute atomic E-state index is 0.00802. The summed E-state index contributed by atoms with van der Waals surface area (Å²) in [7, 11) is -1.64. The maximum Gasteiger partial charge on any atom is 0.323 e. The van der Waals surface area contributed by atoms with E-state index in [1.54, 1.807) is 13.8 Å². The number of anilines is 1. The van der Waals surface area contributed by atoms with Crippen LogP contribution in [0.4, 0.5) is 5.95 Å². The van der Waals surface area contributed by atoms with Crippen LogP contribution in [0.25, 0.3) is 11.2 Å². The van der Waals surface area contributed by atoms with Crippen LogP contribution in [0.1, 0.15) is 59.6 Å². The standard InChI is InChI=1S/C27H40N7O8P/c1-7-10-12-39-24(37)17(5)32-43(33-18(6)25(38)40-13-11-8-2)15-41-27(9-3)16(4)20(35)23(42-27)34-14-29-19-21(34)30-26(28)31-22(19)36/h3,14,17-18,20,23,32-33,35H,4,7-8,10-13,15H2,1-2,5-6H3,(H3,28,30,31,36)/t17-,18-,20?,23?,27?/m0/s1. The fraction of sp³-hybridized carbons (Fsp3) is 0.593. The van der Waals surface area contributed by atoms with Crippen molar-refractivity contribution in [2.75, 3.05) is 25.3 Å². The molecule has 1 aliphatic heterocycles. The number of nitrogen functional groups attached to an aromatic ring is 1. The van der Waals surface area contributed by atoms with Crippen molar-refractivity contribution in [1.29, 1.82) is 0 Å². The Bertz CT molecular complexity index is 1360. The number of hydrogen-bond donors (Lipinski definition) is 5. The van der Waals surface area contributed by atoms with Crippen LogP contribution in [0.2, 0.25) is 0 Å². The molecule has 3 heterocycles. The summed E-state index contributed by atoms with van der Waals surface area (Å²) in [6, 6.07) is -1.52. The van der Waals surface area contributed by atoms with Gasteiger partial charge in [-0.25, -0.2) is 4.98 Å². The Kier molecular flexibility index (Phi) is 12.2. The number of aromatic amines is 1. The number of rotatable bonds is 16. The van der Waals surface area contributed by atoms with Gasteiger partial charge in [0.2, 0.25) is 5.95 Å². The van der Waals surface area contributed by atoms with Crippen molar-refractivity contribution in [2.24, 2.45) is 0 Å². The third-order valence-electron chi connectivity index (χ3n) is 6.54. The number of fused-ring (bicyclic) bond motifs is 1. The monoisotopic (exact) mass is 621 g/mol. The van der Waals surface area contributed by atoms with Gasteiger partial charge in [0.25, 0.3) is 11.3 Å². The van der Waals surface area contributed by atoms with Gasteiger partial charge in [-0.05, 0) is 32.6 Å². The lowest BCUT2D eigenvalue weighted by Gasteiger charge is -2.30. The Labute approximate surface area is 250 Å². The van der Waals surface area contributed by atoms with Crippen molar-refractivity contribution < 1.29 is 33.6 Å². The lowest BCUT2D eigenvalue weighted by Crippen LogP contribution is -2.42. The summed E-state index contributed by atoms with van der Waals surface area (Å²) in [5, 5.41) is 17.3. The molecule has 1 aliphatic rings. The SMILES string of the molecule is C#CC1(OCP(N[C@@H](C)C(=O)OCCCC)N[C@@H](C)C(=O)OCCCC)OC(n2cnc3c(=O)[nH]c(N)nc32)C(O)C1=C. The van der Waals surface area contributed by atoms with Crippen molar-refractivity contribution in [2.45, 2.75) is 83.6 Å². The molecule has 0 spiro atoms. The molecular formula is C27H40N7O8P. The maximum atomic E-state index is 12.6. The van der Waals surface area contributed by atoms with Gasteiger partial charge in [0.15, 0.2) is 17.4 Å². The molecule has 5 atom stereocenters. The zero-order valence-electron chi connectivity index (χ0n) is 24.8. The molecule has 3 unspecified atom stereocenters. The second kappa shape index (κ2) is 15.4. The van der Waals surface area contributed by atoms with Crippen LogP contribution in [0, 0.1) is 12.3 Å². The first-order valence-electron chi connectivity index (χ1n) is 14.0. The van der Waals surface area contributed by atoms with Crippen LogP contribution >= 0.6 is 8.22 Å². The molecule has 0 amide bonds. The minimum Gasteiger partial charge on any atom is -0.465 e. The zero-order valence-corrected chi connectivity index (χ0v) is 25.7. The van der Waals surface area contributed by atoms with E-state index < -0.39 is 55.9 Å². The highest BCUT2D eigenvalue weighted by molar-refractivity contribution is 7.53. The molecule has 236 valence electrons. The summed E-state index contributed by atoms with van der Waals surface area (Å²) in [5.74, 6) is -0.609. The summed E-state index contributed by atoms with van der Waals surface area (Å²) < 4.78 is 24.0. The smallest absolute Gasteiger partial charge is 0.323 e. The van der Waals surface area contributed by atoms with Gasteiger partial charge in [-0.1, -0.05) is 33.3 Å². The summed E-state index contributed by atoms with van der Waals surface area (Å²) in [5.41, 5.74) is 5.17. The average molecular weight is 622 g/mol. The molecule has 6 N–H and O–H groups in total. The van der Waals surface area contributed by atoms with Crippen LogP contribution in [-0.4, -0.2) is 80.1 Å². The van der Waals surface area contributed by atoms with Crippen LogP contribution in [0.15, 0.2) is 23.3 Å². The Morgan fingerprint density at radius 2 is 1.84 bits per heavy atom. The van der Waals surface area contributed by atoms with E-state index in [1.165, 1.54) is 10.9 Å². The molecule has 0 aliphatic carbocycles. The molecule has 3 rings (SSSR count). The molecule has 16 heteroatoms. The van der Waals surface area contributed by atoms with Gasteiger partial charge in [0.1, 0.15) is 18.2 Å². The number of nitrogens with one attached hydrogen (secondary N) is 3. The quantitative estimate of drug-likeness (QED) is 0.0592. The number of terminal acetylenes is 1. The average Bonchev–Trinajstić information content (AvgIpc) is 3.50. The Morgan fingerprint density at radius 3 is 2.37 bits per heavy atom. The topological polar surface area (TPSA) is 205 Å². The van der Waals surface area contributed by atoms with Gasteiger partial charge in [0.05, 0.1) is 34.1 Å². The second-order valence-electron chi connectivity index (χ2n) is 9.96. The fourth-order valence-corrected chi connectivity index (χ4v) is 5.71. The minimum atomic E-state index is -1.92. The van der Waals surface area contributed by atoms with E-state index in [9.17, 15) is 19.5 Å². The van der Waals surface area contributed by atoms with E-state index in [4.69, 9.17) is 31.1 Å². The third kappa shape index (κ3) is 8.17. The van der Waals surface area contributed by atoms with E-state index >= 15 is 0 Å². The normalized spacial score (nSPS) is 21.6. The molecule has 15 nitrogen and oxygen atoms in total. The van der Waals surface area contributed by atoms with E-state index in [0.29, 0.717) is 0 Å². The highest BCUT2D eigenvalue weighted by Gasteiger charge is 2.51. The van der Waals surface area contributed by atoms with Crippen LogP contribution in [0.3, 0.4) is 0 Å². The van der Waals surface area contributed by atoms with Gasteiger partial charge in [0, 0.05) is 5.57 Å². The molecule has 1 saturated heterocycles. The Morgan fingerprint density at radius 1 is 1.26 bits per heavy atom. The van der Waals surface area contributed by atoms with E-state index in [1.807, 2.05) is 13.8 Å². The van der Waals surface area contributed by atoms with Gasteiger partial charge in [-0.2, -0.15) is 4.98 Å². The first-order chi connectivity index (χ1) is 20.5. The number of hydrogen-bond acceptors (Lipinski definition) is 13. The van der Waals surface area contributed by atoms with Crippen LogP contribution in [0.5, 0.6) is 0 Å². The third-order valence-corrected chi connectivity index (χ3v) is 8.32. The number of ether oxygens (including phenoxy) is 4. The maximum absolute atomic E-state index is 12.6. The number of aliphatic hydroxyl groups is 1. The Balaban J connectivity index is 1.80. The number of nitrogens with two attached hydrogens (primary N) is 1. The largest absolute Gasteiger partial charge is 0.465 e. The van der Waals surface area contributed by atoms with Gasteiger partial charge in [-0.15, -0.1) is 6.42 Å². The molecule has 0 bridgehead atoms. The van der Waals surface area contributed by atoms with Crippen molar-refractivity contribution in [3.63, 3.8) is 0 Å². The highest BCUT2D eigenvalue weighted by atomic mass is 31.1. The number of esters is 2. The summed E-state index contributed by atoms with van der Waals surface area (Å²) in [4.78, 5) is 47.9. The van der Waals surface area contributed by atoms with Crippen molar-refractivity contribution in [1.82, 2.24) is 29.7 Å². The first kappa shape index (κ1) is 34.1. The number of carbonyl (C=O) groups is 2. The number of aromatic nitrogens is 4. The zero-order chi connectivity index (χ0) is 31.7. The van der Waals surface area contributed by atoms with Crippen molar-refractivity contribution >= 4 is 37.3 Å². The summed E-state index contributed by atoms with van der Waals surface area (Å²) in [6.45, 7) is 11.7. The van der Waals surface area contributed by atoms with E-state index in [2.05, 4.69) is 37.6 Å². The van der Waals surface area contributed by atoms with Gasteiger partial charge >= 0.3 is 11.9 Å². The molecule has 0 aromatic carbocycles. The number of nitrogens with zero attached hydrogens (tertiary/aromatic N) is 3. The molecule has 43 heavy (non-hydrogen) atoms. The van der Waals surface area contributed by atoms with Gasteiger partial charge in [-0.3, -0.25) is 34.1 Å². The fourth-order valence-electron chi connectivity index (χ4n) is 4.03. The molecule has 2 aromatic rings. The van der Waals surface area contributed by atoms with Crippen LogP contribution < -0.4 is 21.5 Å². The number of H-pyrrole nitrogens is 1. The predicted octanol–water partition coefficient (Wildman–Crippen LogP) is 1.41. The number of aliphatic hydroxyl groups excluding tert-OH is 1. The molecular weight excluding hydrogens is 581 g/mol.